The first-order valence-electron chi connectivity index (χ1n) is 9.24. The van der Waals surface area contributed by atoms with Crippen LogP contribution in [0.15, 0.2) is 18.2 Å². The van der Waals surface area contributed by atoms with Crippen molar-refractivity contribution in [1.29, 1.82) is 0 Å². The number of amides is 2. The lowest BCUT2D eigenvalue weighted by molar-refractivity contribution is -0.144. The van der Waals surface area contributed by atoms with Gasteiger partial charge in [-0.1, -0.05) is 0 Å². The summed E-state index contributed by atoms with van der Waals surface area (Å²) in [5.74, 6) is -1.71. The molecule has 162 valence electrons. The summed E-state index contributed by atoms with van der Waals surface area (Å²) in [6.07, 6.45) is -5.45. The molecule has 1 aromatic carbocycles. The van der Waals surface area contributed by atoms with E-state index >= 15 is 0 Å². The van der Waals surface area contributed by atoms with E-state index in [4.69, 9.17) is 4.74 Å². The molecule has 2 N–H and O–H groups in total. The maximum atomic E-state index is 12.9. The van der Waals surface area contributed by atoms with Crippen molar-refractivity contribution in [2.45, 2.75) is 39.5 Å². The van der Waals surface area contributed by atoms with Gasteiger partial charge >= 0.3 is 6.18 Å². The lowest BCUT2D eigenvalue weighted by Crippen LogP contribution is -2.34. The second-order valence-electron chi connectivity index (χ2n) is 7.09. The smallest absolute Gasteiger partial charge is 0.453 e. The van der Waals surface area contributed by atoms with Gasteiger partial charge in [0.05, 0.1) is 12.1 Å². The van der Waals surface area contributed by atoms with Crippen LogP contribution in [-0.2, 0) is 22.2 Å². The molecule has 1 aliphatic rings. The molecule has 2 amide bonds. The van der Waals surface area contributed by atoms with Crippen LogP contribution in [0.2, 0.25) is 0 Å². The Bertz CT molecular complexity index is 1220. The van der Waals surface area contributed by atoms with Crippen molar-refractivity contribution in [3.8, 4) is 5.75 Å². The molecule has 3 heterocycles. The molecule has 9 nitrogen and oxygen atoms in total. The molecule has 0 fully saturated rings. The molecule has 1 aliphatic heterocycles. The first-order chi connectivity index (χ1) is 14.5. The molecule has 2 aromatic heterocycles. The minimum absolute atomic E-state index is 0.140. The van der Waals surface area contributed by atoms with Crippen molar-refractivity contribution in [2.75, 3.05) is 10.6 Å². The summed E-state index contributed by atoms with van der Waals surface area (Å²) < 4.78 is 45.2. The summed E-state index contributed by atoms with van der Waals surface area (Å²) in [7, 11) is 0. The summed E-state index contributed by atoms with van der Waals surface area (Å²) in [5, 5.41) is 8.86. The van der Waals surface area contributed by atoms with Crippen LogP contribution in [0.4, 0.5) is 24.5 Å². The molecule has 0 spiro atoms. The molecule has 12 heteroatoms. The second-order valence-corrected chi connectivity index (χ2v) is 7.09. The Balaban J connectivity index is 1.56. The topological polar surface area (TPSA) is 111 Å². The van der Waals surface area contributed by atoms with Crippen LogP contribution in [0.5, 0.6) is 5.75 Å². The molecule has 0 bridgehead atoms. The Morgan fingerprint density at radius 1 is 1.29 bits per heavy atom. The van der Waals surface area contributed by atoms with E-state index in [-0.39, 0.29) is 18.1 Å². The van der Waals surface area contributed by atoms with Crippen LogP contribution >= 0.6 is 0 Å². The zero-order valence-corrected chi connectivity index (χ0v) is 16.7. The molecule has 0 radical (unpaired) electrons. The lowest BCUT2D eigenvalue weighted by atomic mass is 10.1. The zero-order chi connectivity index (χ0) is 22.5. The largest absolute Gasteiger partial charge is 0.479 e. The summed E-state index contributed by atoms with van der Waals surface area (Å²) in [6.45, 7) is 4.76. The van der Waals surface area contributed by atoms with Gasteiger partial charge in [0, 0.05) is 22.6 Å². The highest BCUT2D eigenvalue weighted by Gasteiger charge is 2.37. The van der Waals surface area contributed by atoms with Crippen molar-refractivity contribution >= 4 is 29.0 Å². The highest BCUT2D eigenvalue weighted by Crippen LogP contribution is 2.32. The Morgan fingerprint density at radius 3 is 2.74 bits per heavy atom. The molecule has 1 atom stereocenters. The molecular weight excluding hydrogens is 417 g/mol. The normalized spacial score (nSPS) is 15.9. The van der Waals surface area contributed by atoms with Crippen LogP contribution in [0.25, 0.3) is 5.78 Å². The third-order valence-electron chi connectivity index (χ3n) is 4.83. The number of halogens is 3. The SMILES string of the molecule is Cc1nc2nc(C(F)(F)F)nn2c(C)c1CC(=O)Nc1ccc2c(c1)NC(=O)[C@H](C)O2. The molecule has 0 unspecified atom stereocenters. The van der Waals surface area contributed by atoms with Crippen LogP contribution in [0.1, 0.15) is 29.7 Å². The van der Waals surface area contributed by atoms with Gasteiger partial charge in [0.2, 0.25) is 5.91 Å². The van der Waals surface area contributed by atoms with E-state index in [1.807, 2.05) is 0 Å². The first-order valence-corrected chi connectivity index (χ1v) is 9.24. The van der Waals surface area contributed by atoms with Gasteiger partial charge in [-0.15, -0.1) is 5.10 Å². The van der Waals surface area contributed by atoms with Crippen molar-refractivity contribution in [3.63, 3.8) is 0 Å². The molecule has 0 aliphatic carbocycles. The summed E-state index contributed by atoms with van der Waals surface area (Å²) in [5.41, 5.74) is 2.00. The number of aryl methyl sites for hydroxylation is 2. The van der Waals surface area contributed by atoms with E-state index < -0.39 is 24.0 Å². The second kappa shape index (κ2) is 7.22. The van der Waals surface area contributed by atoms with Gasteiger partial charge in [0.25, 0.3) is 17.5 Å². The fourth-order valence-corrected chi connectivity index (χ4v) is 3.24. The quantitative estimate of drug-likeness (QED) is 0.656. The number of alkyl halides is 3. The fraction of sp³-hybridized carbons (Fsp3) is 0.316. The highest BCUT2D eigenvalue weighted by atomic mass is 19.4. The van der Waals surface area contributed by atoms with Gasteiger partial charge < -0.3 is 15.4 Å². The van der Waals surface area contributed by atoms with Gasteiger partial charge in [-0.05, 0) is 39.0 Å². The summed E-state index contributed by atoms with van der Waals surface area (Å²) >= 11 is 0. The van der Waals surface area contributed by atoms with E-state index in [2.05, 4.69) is 25.7 Å². The fourth-order valence-electron chi connectivity index (χ4n) is 3.24. The van der Waals surface area contributed by atoms with Crippen molar-refractivity contribution < 1.29 is 27.5 Å². The minimum atomic E-state index is -4.70. The molecule has 4 rings (SSSR count). The predicted molar refractivity (Wildman–Crippen MR) is 103 cm³/mol. The standard InChI is InChI=1S/C19H17F3N6O3/c1-8-12(9(2)28-18(23-8)26-17(27-28)19(20,21)22)7-15(29)24-11-4-5-14-13(6-11)25-16(30)10(3)31-14/h4-6,10H,7H2,1-3H3,(H,24,29)(H,25,30)/t10-/m0/s1. The van der Waals surface area contributed by atoms with Crippen molar-refractivity contribution in [1.82, 2.24) is 19.6 Å². The van der Waals surface area contributed by atoms with Gasteiger partial charge in [0.1, 0.15) is 5.75 Å². The number of benzene rings is 1. The maximum absolute atomic E-state index is 12.9. The molecular formula is C19H17F3N6O3. The van der Waals surface area contributed by atoms with Crippen molar-refractivity contribution in [2.24, 2.45) is 0 Å². The number of ether oxygens (including phenoxy) is 1. The van der Waals surface area contributed by atoms with E-state index in [1.165, 1.54) is 0 Å². The number of rotatable bonds is 3. The average Bonchev–Trinajstić information content (AvgIpc) is 3.11. The van der Waals surface area contributed by atoms with Crippen LogP contribution in [-0.4, -0.2) is 37.5 Å². The summed E-state index contributed by atoms with van der Waals surface area (Å²) in [6, 6.07) is 4.80. The number of anilines is 2. The van der Waals surface area contributed by atoms with E-state index in [0.717, 1.165) is 4.52 Å². The number of aromatic nitrogens is 4. The highest BCUT2D eigenvalue weighted by molar-refractivity contribution is 5.99. The third kappa shape index (κ3) is 3.88. The Kier molecular flexibility index (Phi) is 4.79. The zero-order valence-electron chi connectivity index (χ0n) is 16.7. The monoisotopic (exact) mass is 434 g/mol. The number of hydrogen-bond donors (Lipinski definition) is 2. The van der Waals surface area contributed by atoms with Crippen LogP contribution in [0, 0.1) is 13.8 Å². The Morgan fingerprint density at radius 2 is 2.03 bits per heavy atom. The number of carbonyl (C=O) groups excluding carboxylic acids is 2. The Labute approximate surface area is 173 Å². The molecule has 0 saturated heterocycles. The number of nitrogens with one attached hydrogen (secondary N) is 2. The van der Waals surface area contributed by atoms with Gasteiger partial charge in [-0.25, -0.2) is 9.50 Å². The first kappa shape index (κ1) is 20.6. The lowest BCUT2D eigenvalue weighted by Gasteiger charge is -2.23. The van der Waals surface area contributed by atoms with E-state index in [1.54, 1.807) is 39.0 Å². The number of hydrogen-bond acceptors (Lipinski definition) is 6. The summed E-state index contributed by atoms with van der Waals surface area (Å²) in [4.78, 5) is 31.8. The molecule has 31 heavy (non-hydrogen) atoms. The van der Waals surface area contributed by atoms with Crippen LogP contribution < -0.4 is 15.4 Å². The van der Waals surface area contributed by atoms with Gasteiger partial charge in [0.15, 0.2) is 6.10 Å². The van der Waals surface area contributed by atoms with Crippen molar-refractivity contribution in [3.05, 3.63) is 41.0 Å². The number of carbonyl (C=O) groups is 2. The molecule has 3 aromatic rings. The van der Waals surface area contributed by atoms with E-state index in [0.29, 0.717) is 34.1 Å². The predicted octanol–water partition coefficient (Wildman–Crippen LogP) is 2.66. The maximum Gasteiger partial charge on any atom is 0.453 e. The van der Waals surface area contributed by atoms with Gasteiger partial charge in [-0.3, -0.25) is 9.59 Å². The average molecular weight is 434 g/mol. The number of nitrogens with zero attached hydrogens (tertiary/aromatic N) is 4. The minimum Gasteiger partial charge on any atom is -0.479 e. The van der Waals surface area contributed by atoms with Gasteiger partial charge in [-0.2, -0.15) is 18.2 Å². The van der Waals surface area contributed by atoms with E-state index in [9.17, 15) is 22.8 Å². The third-order valence-corrected chi connectivity index (χ3v) is 4.83. The Hall–Kier alpha value is -3.70. The van der Waals surface area contributed by atoms with Crippen LogP contribution in [0.3, 0.4) is 0 Å². The number of fused-ring (bicyclic) bond motifs is 2. The molecule has 0 saturated carbocycles.